The van der Waals surface area contributed by atoms with Crippen molar-refractivity contribution in [1.29, 1.82) is 0 Å². The minimum absolute atomic E-state index is 0.274. The lowest BCUT2D eigenvalue weighted by molar-refractivity contribution is 0.00578. The van der Waals surface area contributed by atoms with E-state index >= 15 is 0 Å². The second-order valence-electron chi connectivity index (χ2n) is 7.51. The van der Waals surface area contributed by atoms with Crippen molar-refractivity contribution >= 4 is 35.8 Å². The highest BCUT2D eigenvalue weighted by atomic mass is 35.5. The number of hydrogen-bond acceptors (Lipinski definition) is 4. The maximum atomic E-state index is 12.4. The topological polar surface area (TPSA) is 60.5 Å². The maximum Gasteiger partial charge on any atom is 0.495 e. The molecule has 1 amide bonds. The molecule has 0 aliphatic carbocycles. The Morgan fingerprint density at radius 1 is 1.12 bits per heavy atom. The van der Waals surface area contributed by atoms with Crippen molar-refractivity contribution in [3.8, 4) is 0 Å². The number of rotatable bonds is 3. The quantitative estimate of drug-likeness (QED) is 0.836. The summed E-state index contributed by atoms with van der Waals surface area (Å²) in [5.41, 5.74) is 2.14. The third-order valence-electron chi connectivity index (χ3n) is 5.01. The smallest absolute Gasteiger partial charge is 0.399 e. The van der Waals surface area contributed by atoms with E-state index < -0.39 is 18.3 Å². The van der Waals surface area contributed by atoms with Gasteiger partial charge in [-0.15, -0.1) is 0 Å². The molecule has 1 fully saturated rings. The van der Waals surface area contributed by atoms with E-state index in [1.54, 1.807) is 6.07 Å². The molecule has 136 valence electrons. The summed E-state index contributed by atoms with van der Waals surface area (Å²) < 4.78 is 12.3. The summed E-state index contributed by atoms with van der Waals surface area (Å²) in [5, 5.41) is 3.29. The molecule has 26 heavy (non-hydrogen) atoms. The largest absolute Gasteiger partial charge is 0.495 e. The lowest BCUT2D eigenvalue weighted by Crippen LogP contribution is -2.41. The Balaban J connectivity index is 1.84. The van der Waals surface area contributed by atoms with Gasteiger partial charge in [-0.05, 0) is 58.3 Å². The first-order valence-corrected chi connectivity index (χ1v) is 8.85. The molecule has 1 aromatic carbocycles. The van der Waals surface area contributed by atoms with Crippen molar-refractivity contribution < 1.29 is 14.1 Å². The van der Waals surface area contributed by atoms with E-state index in [1.807, 2.05) is 52.8 Å². The molecule has 2 heterocycles. The maximum absolute atomic E-state index is 12.4. The number of hydrogen-bond donors (Lipinski definition) is 1. The van der Waals surface area contributed by atoms with Crippen molar-refractivity contribution in [2.75, 3.05) is 5.32 Å². The third kappa shape index (κ3) is 3.63. The predicted molar refractivity (Wildman–Crippen MR) is 104 cm³/mol. The van der Waals surface area contributed by atoms with Gasteiger partial charge in [0.25, 0.3) is 5.91 Å². The van der Waals surface area contributed by atoms with Gasteiger partial charge in [0, 0.05) is 18.1 Å². The van der Waals surface area contributed by atoms with E-state index in [1.165, 1.54) is 12.4 Å². The van der Waals surface area contributed by atoms with Gasteiger partial charge in [-0.3, -0.25) is 9.78 Å². The number of pyridine rings is 1. The molecule has 1 aliphatic rings. The number of halogens is 1. The number of benzene rings is 1. The standard InChI is InChI=1S/C19H22BClN2O3/c1-12-6-7-15(23-17(24)13-8-14(21)11-22-10-13)9-16(12)20-25-18(2,3)19(4,5)26-20/h6-11H,1-5H3,(H,23,24). The Morgan fingerprint density at radius 3 is 2.38 bits per heavy atom. The summed E-state index contributed by atoms with van der Waals surface area (Å²) in [6.45, 7) is 10.0. The van der Waals surface area contributed by atoms with Crippen molar-refractivity contribution in [1.82, 2.24) is 4.98 Å². The summed E-state index contributed by atoms with van der Waals surface area (Å²) in [7, 11) is -0.482. The molecule has 0 spiro atoms. The van der Waals surface area contributed by atoms with Gasteiger partial charge in [0.2, 0.25) is 0 Å². The summed E-state index contributed by atoms with van der Waals surface area (Å²) in [6, 6.07) is 7.24. The Morgan fingerprint density at radius 2 is 1.77 bits per heavy atom. The molecule has 5 nitrogen and oxygen atoms in total. The second kappa shape index (κ2) is 6.69. The lowest BCUT2D eigenvalue weighted by Gasteiger charge is -2.32. The lowest BCUT2D eigenvalue weighted by atomic mass is 9.76. The van der Waals surface area contributed by atoms with Crippen LogP contribution >= 0.6 is 11.6 Å². The van der Waals surface area contributed by atoms with Gasteiger partial charge in [-0.2, -0.15) is 0 Å². The molecular formula is C19H22BClN2O3. The first kappa shape index (κ1) is 18.9. The minimum atomic E-state index is -0.482. The van der Waals surface area contributed by atoms with Crippen LogP contribution in [0.2, 0.25) is 5.02 Å². The van der Waals surface area contributed by atoms with Gasteiger partial charge in [0.15, 0.2) is 0 Å². The van der Waals surface area contributed by atoms with Gasteiger partial charge in [-0.1, -0.05) is 23.2 Å². The van der Waals surface area contributed by atoms with Gasteiger partial charge in [0.05, 0.1) is 21.8 Å². The first-order valence-electron chi connectivity index (χ1n) is 8.47. The van der Waals surface area contributed by atoms with Crippen molar-refractivity contribution in [2.24, 2.45) is 0 Å². The first-order chi connectivity index (χ1) is 12.1. The predicted octanol–water partition coefficient (Wildman–Crippen LogP) is 3.59. The van der Waals surface area contributed by atoms with Crippen LogP contribution in [0.4, 0.5) is 5.69 Å². The van der Waals surface area contributed by atoms with Crippen LogP contribution < -0.4 is 10.8 Å². The normalized spacial score (nSPS) is 18.0. The van der Waals surface area contributed by atoms with E-state index in [0.717, 1.165) is 11.0 Å². The molecule has 7 heteroatoms. The number of nitrogens with zero attached hydrogens (tertiary/aromatic N) is 1. The molecular weight excluding hydrogens is 350 g/mol. The minimum Gasteiger partial charge on any atom is -0.399 e. The molecule has 0 unspecified atom stereocenters. The molecule has 1 aromatic heterocycles. The van der Waals surface area contributed by atoms with Crippen LogP contribution in [0.25, 0.3) is 0 Å². The fraction of sp³-hybridized carbons (Fsp3) is 0.368. The highest BCUT2D eigenvalue weighted by Crippen LogP contribution is 2.36. The molecule has 3 rings (SSSR count). The average molecular weight is 373 g/mol. The number of aryl methyl sites for hydroxylation is 1. The van der Waals surface area contributed by atoms with Crippen LogP contribution in [-0.2, 0) is 9.31 Å². The second-order valence-corrected chi connectivity index (χ2v) is 7.94. The zero-order valence-electron chi connectivity index (χ0n) is 15.6. The van der Waals surface area contributed by atoms with Crippen molar-refractivity contribution in [3.63, 3.8) is 0 Å². The summed E-state index contributed by atoms with van der Waals surface area (Å²) in [4.78, 5) is 16.4. The van der Waals surface area contributed by atoms with E-state index in [2.05, 4.69) is 10.3 Å². The fourth-order valence-corrected chi connectivity index (χ4v) is 2.86. The Labute approximate surface area is 159 Å². The number of nitrogens with one attached hydrogen (secondary N) is 1. The number of aromatic nitrogens is 1. The number of carbonyl (C=O) groups is 1. The highest BCUT2D eigenvalue weighted by molar-refractivity contribution is 6.62. The highest BCUT2D eigenvalue weighted by Gasteiger charge is 2.52. The molecule has 0 bridgehead atoms. The van der Waals surface area contributed by atoms with Gasteiger partial charge >= 0.3 is 7.12 Å². The van der Waals surface area contributed by atoms with Crippen LogP contribution in [0, 0.1) is 6.92 Å². The zero-order chi connectivity index (χ0) is 19.1. The van der Waals surface area contributed by atoms with Crippen LogP contribution in [0.1, 0.15) is 43.6 Å². The molecule has 0 atom stereocenters. The van der Waals surface area contributed by atoms with E-state index in [4.69, 9.17) is 20.9 Å². The number of anilines is 1. The molecule has 2 aromatic rings. The average Bonchev–Trinajstić information content (AvgIpc) is 2.77. The SMILES string of the molecule is Cc1ccc(NC(=O)c2cncc(Cl)c2)cc1B1OC(C)(C)C(C)(C)O1. The molecule has 1 aliphatic heterocycles. The van der Waals surface area contributed by atoms with Crippen LogP contribution in [0.15, 0.2) is 36.7 Å². The van der Waals surface area contributed by atoms with E-state index in [-0.39, 0.29) is 5.91 Å². The Hall–Kier alpha value is -1.89. The third-order valence-corrected chi connectivity index (χ3v) is 5.22. The Bertz CT molecular complexity index is 838. The molecule has 0 radical (unpaired) electrons. The van der Waals surface area contributed by atoms with Gasteiger partial charge in [-0.25, -0.2) is 0 Å². The van der Waals surface area contributed by atoms with Crippen molar-refractivity contribution in [2.45, 2.75) is 45.8 Å². The fourth-order valence-electron chi connectivity index (χ4n) is 2.68. The zero-order valence-corrected chi connectivity index (χ0v) is 16.3. The number of carbonyl (C=O) groups excluding carboxylic acids is 1. The molecule has 1 saturated heterocycles. The van der Waals surface area contributed by atoms with Gasteiger partial charge in [0.1, 0.15) is 0 Å². The monoisotopic (exact) mass is 372 g/mol. The number of amides is 1. The molecule has 0 saturated carbocycles. The van der Waals surface area contributed by atoms with Gasteiger partial charge < -0.3 is 14.6 Å². The van der Waals surface area contributed by atoms with Crippen molar-refractivity contribution in [3.05, 3.63) is 52.8 Å². The van der Waals surface area contributed by atoms with E-state index in [0.29, 0.717) is 16.3 Å². The van der Waals surface area contributed by atoms with Crippen LogP contribution in [-0.4, -0.2) is 29.2 Å². The summed E-state index contributed by atoms with van der Waals surface area (Å²) in [5.74, 6) is -0.274. The summed E-state index contributed by atoms with van der Waals surface area (Å²) in [6.07, 6.45) is 2.96. The van der Waals surface area contributed by atoms with Crippen LogP contribution in [0.5, 0.6) is 0 Å². The Kier molecular flexibility index (Phi) is 4.86. The summed E-state index contributed by atoms with van der Waals surface area (Å²) >= 11 is 5.90. The molecule has 1 N–H and O–H groups in total. The van der Waals surface area contributed by atoms with E-state index in [9.17, 15) is 4.79 Å². The van der Waals surface area contributed by atoms with Crippen LogP contribution in [0.3, 0.4) is 0 Å².